The molecule has 1 aromatic heterocycles. The molecular weight excluding hydrogens is 402 g/mol. The Morgan fingerprint density at radius 1 is 1.08 bits per heavy atom. The number of hydrogen-bond acceptors (Lipinski definition) is 3. The van der Waals surface area contributed by atoms with Gasteiger partial charge in [0.05, 0.1) is 22.6 Å². The van der Waals surface area contributed by atoms with Crippen molar-refractivity contribution in [2.45, 2.75) is 43.4 Å². The Balaban J connectivity index is 1.81. The fraction of sp³-hybridized carbons (Fsp3) is 0.444. The van der Waals surface area contributed by atoms with Gasteiger partial charge in [0, 0.05) is 4.47 Å². The molecule has 0 bridgehead atoms. The van der Waals surface area contributed by atoms with Crippen LogP contribution in [0.1, 0.15) is 54.5 Å². The van der Waals surface area contributed by atoms with Gasteiger partial charge in [-0.05, 0) is 30.5 Å². The van der Waals surface area contributed by atoms with Gasteiger partial charge in [0.25, 0.3) is 5.56 Å². The molecule has 1 amide bonds. The molecule has 2 aliphatic rings. The summed E-state index contributed by atoms with van der Waals surface area (Å²) >= 11 is 4.96. The number of anilines is 1. The minimum Gasteiger partial charge on any atom is -0.310 e. The maximum Gasteiger partial charge on any atom is 0.270 e. The molecular formula is C18H20BrN3O2S. The van der Waals surface area contributed by atoms with Crippen LogP contribution < -0.4 is 10.9 Å². The second kappa shape index (κ2) is 7.03. The molecule has 1 aliphatic carbocycles. The third-order valence-electron chi connectivity index (χ3n) is 4.98. The maximum absolute atomic E-state index is 12.8. The Kier molecular flexibility index (Phi) is 4.78. The van der Waals surface area contributed by atoms with Gasteiger partial charge in [-0.2, -0.15) is 0 Å². The number of thioether (sulfide) groups is 1. The number of nitrogens with one attached hydrogen (secondary N) is 2. The topological polar surface area (TPSA) is 66.9 Å². The van der Waals surface area contributed by atoms with Gasteiger partial charge in [0.1, 0.15) is 5.82 Å². The third-order valence-corrected chi connectivity index (χ3v) is 6.78. The molecule has 5 nitrogen and oxygen atoms in total. The van der Waals surface area contributed by atoms with Crippen molar-refractivity contribution in [1.29, 1.82) is 0 Å². The van der Waals surface area contributed by atoms with Crippen molar-refractivity contribution in [3.05, 3.63) is 50.2 Å². The predicted molar refractivity (Wildman–Crippen MR) is 104 cm³/mol. The van der Waals surface area contributed by atoms with E-state index in [1.54, 1.807) is 0 Å². The maximum atomic E-state index is 12.8. The summed E-state index contributed by atoms with van der Waals surface area (Å²) in [4.78, 5) is 25.0. The largest absolute Gasteiger partial charge is 0.310 e. The summed E-state index contributed by atoms with van der Waals surface area (Å²) in [6.07, 6.45) is 5.66. The molecule has 1 fully saturated rings. The summed E-state index contributed by atoms with van der Waals surface area (Å²) in [5.41, 5.74) is 1.62. The molecule has 2 aromatic rings. The monoisotopic (exact) mass is 421 g/mol. The average Bonchev–Trinajstić information content (AvgIpc) is 2.83. The summed E-state index contributed by atoms with van der Waals surface area (Å²) in [5.74, 6) is 0.966. The molecule has 0 spiro atoms. The van der Waals surface area contributed by atoms with E-state index < -0.39 is 0 Å². The molecule has 2 heterocycles. The van der Waals surface area contributed by atoms with Crippen molar-refractivity contribution in [2.75, 3.05) is 11.1 Å². The number of nitrogens with zero attached hydrogens (tertiary/aromatic N) is 1. The molecule has 2 N–H and O–H groups in total. The number of carbonyl (C=O) groups is 1. The summed E-state index contributed by atoms with van der Waals surface area (Å²) in [5, 5.41) is 5.85. The minimum atomic E-state index is -0.143. The molecule has 4 rings (SSSR count). The molecule has 1 saturated carbocycles. The number of aromatic amines is 1. The third kappa shape index (κ3) is 3.31. The van der Waals surface area contributed by atoms with Crippen molar-refractivity contribution in [3.8, 4) is 0 Å². The highest BCUT2D eigenvalue weighted by atomic mass is 79.9. The van der Waals surface area contributed by atoms with Crippen LogP contribution in [0.4, 0.5) is 5.82 Å². The Morgan fingerprint density at radius 3 is 2.52 bits per heavy atom. The number of fused-ring (bicyclic) bond motifs is 1. The highest BCUT2D eigenvalue weighted by Crippen LogP contribution is 2.41. The van der Waals surface area contributed by atoms with Crippen molar-refractivity contribution >= 4 is 39.4 Å². The molecule has 1 atom stereocenters. The lowest BCUT2D eigenvalue weighted by Crippen LogP contribution is -2.21. The number of halogens is 1. The first kappa shape index (κ1) is 17.0. The van der Waals surface area contributed by atoms with Crippen molar-refractivity contribution in [3.63, 3.8) is 0 Å². The van der Waals surface area contributed by atoms with Gasteiger partial charge >= 0.3 is 0 Å². The van der Waals surface area contributed by atoms with Crippen LogP contribution in [0.15, 0.2) is 33.5 Å². The van der Waals surface area contributed by atoms with Gasteiger partial charge < -0.3 is 5.32 Å². The second-order valence-corrected chi connectivity index (χ2v) is 8.66. The Morgan fingerprint density at radius 2 is 1.80 bits per heavy atom. The number of rotatable bonds is 2. The number of hydrogen-bond donors (Lipinski definition) is 2. The molecule has 0 radical (unpaired) electrons. The standard InChI is InChI=1S/C18H20BrN3O2S/c19-12-8-6-11(7-9-12)16-15-17(20-14(23)10-25-16)22(21-18(15)24)13-4-2-1-3-5-13/h6-9,13,16H,1-5,10H2,(H,20,23)(H,21,24)/t16-/m1/s1. The zero-order valence-corrected chi connectivity index (χ0v) is 16.2. The van der Waals surface area contributed by atoms with E-state index in [1.807, 2.05) is 28.9 Å². The smallest absolute Gasteiger partial charge is 0.270 e. The van der Waals surface area contributed by atoms with Crippen molar-refractivity contribution in [1.82, 2.24) is 9.78 Å². The van der Waals surface area contributed by atoms with E-state index in [-0.39, 0.29) is 22.8 Å². The lowest BCUT2D eigenvalue weighted by atomic mass is 9.95. The fourth-order valence-corrected chi connectivity index (χ4v) is 5.15. The lowest BCUT2D eigenvalue weighted by Gasteiger charge is -2.24. The van der Waals surface area contributed by atoms with Crippen LogP contribution in [0.2, 0.25) is 0 Å². The first-order valence-corrected chi connectivity index (χ1v) is 10.5. The van der Waals surface area contributed by atoms with Crippen LogP contribution in [0.25, 0.3) is 0 Å². The van der Waals surface area contributed by atoms with Crippen LogP contribution in [-0.4, -0.2) is 21.4 Å². The first-order valence-electron chi connectivity index (χ1n) is 8.65. The molecule has 0 saturated heterocycles. The summed E-state index contributed by atoms with van der Waals surface area (Å²) in [6, 6.07) is 8.24. The number of H-pyrrole nitrogens is 1. The van der Waals surface area contributed by atoms with Crippen LogP contribution >= 0.6 is 27.7 Å². The van der Waals surface area contributed by atoms with Gasteiger partial charge in [-0.25, -0.2) is 0 Å². The number of carbonyl (C=O) groups excluding carboxylic acids is 1. The number of benzene rings is 1. The Bertz CT molecular complexity index is 837. The number of aromatic nitrogens is 2. The van der Waals surface area contributed by atoms with E-state index in [1.165, 1.54) is 31.0 Å². The Hall–Kier alpha value is -1.47. The zero-order chi connectivity index (χ0) is 17.4. The molecule has 25 heavy (non-hydrogen) atoms. The fourth-order valence-electron chi connectivity index (χ4n) is 3.76. The van der Waals surface area contributed by atoms with Crippen LogP contribution in [0, 0.1) is 0 Å². The molecule has 132 valence electrons. The van der Waals surface area contributed by atoms with E-state index in [0.717, 1.165) is 22.9 Å². The van der Waals surface area contributed by atoms with Gasteiger partial charge in [0.15, 0.2) is 0 Å². The molecule has 1 aliphatic heterocycles. The average molecular weight is 422 g/mol. The number of amides is 1. The minimum absolute atomic E-state index is 0.0468. The van der Waals surface area contributed by atoms with E-state index in [9.17, 15) is 9.59 Å². The highest BCUT2D eigenvalue weighted by Gasteiger charge is 2.32. The van der Waals surface area contributed by atoms with Crippen LogP contribution in [0.3, 0.4) is 0 Å². The van der Waals surface area contributed by atoms with Gasteiger partial charge in [-0.15, -0.1) is 11.8 Å². The van der Waals surface area contributed by atoms with E-state index in [2.05, 4.69) is 26.3 Å². The van der Waals surface area contributed by atoms with E-state index in [0.29, 0.717) is 17.1 Å². The molecule has 1 aromatic carbocycles. The van der Waals surface area contributed by atoms with E-state index in [4.69, 9.17) is 0 Å². The van der Waals surface area contributed by atoms with Crippen LogP contribution in [-0.2, 0) is 4.79 Å². The zero-order valence-electron chi connectivity index (χ0n) is 13.8. The van der Waals surface area contributed by atoms with Gasteiger partial charge in [-0.1, -0.05) is 47.3 Å². The van der Waals surface area contributed by atoms with E-state index >= 15 is 0 Å². The summed E-state index contributed by atoms with van der Waals surface area (Å²) in [7, 11) is 0. The SMILES string of the molecule is O=C1CS[C@H](c2ccc(Br)cc2)c2c(n(C3CCCCC3)[nH]c2=O)N1. The molecule has 0 unspecified atom stereocenters. The normalized spacial score (nSPS) is 21.5. The van der Waals surface area contributed by atoms with Gasteiger partial charge in [-0.3, -0.25) is 19.4 Å². The predicted octanol–water partition coefficient (Wildman–Crippen LogP) is 4.22. The highest BCUT2D eigenvalue weighted by molar-refractivity contribution is 9.10. The van der Waals surface area contributed by atoms with Gasteiger partial charge in [0.2, 0.25) is 5.91 Å². The van der Waals surface area contributed by atoms with Crippen molar-refractivity contribution < 1.29 is 4.79 Å². The quantitative estimate of drug-likeness (QED) is 0.762. The summed E-state index contributed by atoms with van der Waals surface area (Å²) in [6.45, 7) is 0. The van der Waals surface area contributed by atoms with Crippen molar-refractivity contribution in [2.24, 2.45) is 0 Å². The molecule has 7 heteroatoms. The Labute approximate surface area is 158 Å². The van der Waals surface area contributed by atoms with Crippen LogP contribution in [0.5, 0.6) is 0 Å². The first-order chi connectivity index (χ1) is 12.1. The lowest BCUT2D eigenvalue weighted by molar-refractivity contribution is -0.113. The summed E-state index contributed by atoms with van der Waals surface area (Å²) < 4.78 is 2.92. The second-order valence-electron chi connectivity index (χ2n) is 6.66.